The lowest BCUT2D eigenvalue weighted by Crippen LogP contribution is -2.20. The van der Waals surface area contributed by atoms with Crippen molar-refractivity contribution in [2.75, 3.05) is 0 Å². The van der Waals surface area contributed by atoms with Crippen LogP contribution in [0, 0.1) is 0 Å². The molecule has 142 valence electrons. The van der Waals surface area contributed by atoms with E-state index in [0.29, 0.717) is 12.2 Å². The molecule has 3 aromatic carbocycles. The van der Waals surface area contributed by atoms with Gasteiger partial charge in [0.2, 0.25) is 0 Å². The number of hydrazone groups is 1. The molecule has 0 aliphatic rings. The van der Waals surface area contributed by atoms with Gasteiger partial charge in [-0.1, -0.05) is 72.8 Å². The van der Waals surface area contributed by atoms with Crippen LogP contribution in [0.15, 0.2) is 90.0 Å². The van der Waals surface area contributed by atoms with Crippen molar-refractivity contribution in [1.29, 1.82) is 0 Å². The maximum atomic E-state index is 12.5. The molecule has 28 heavy (non-hydrogen) atoms. The van der Waals surface area contributed by atoms with Crippen molar-refractivity contribution >= 4 is 11.6 Å². The summed E-state index contributed by atoms with van der Waals surface area (Å²) in [6.45, 7) is 4.53. The van der Waals surface area contributed by atoms with Gasteiger partial charge in [-0.15, -0.1) is 0 Å². The predicted molar refractivity (Wildman–Crippen MR) is 112 cm³/mol. The van der Waals surface area contributed by atoms with Gasteiger partial charge >= 0.3 is 0 Å². The van der Waals surface area contributed by atoms with E-state index >= 15 is 0 Å². The topological polar surface area (TPSA) is 50.7 Å². The summed E-state index contributed by atoms with van der Waals surface area (Å²) in [5.41, 5.74) is 6.87. The molecule has 0 spiro atoms. The summed E-state index contributed by atoms with van der Waals surface area (Å²) >= 11 is 0. The van der Waals surface area contributed by atoms with E-state index in [-0.39, 0.29) is 12.0 Å². The van der Waals surface area contributed by atoms with Crippen LogP contribution in [0.1, 0.15) is 40.9 Å². The molecule has 0 aromatic heterocycles. The van der Waals surface area contributed by atoms with Gasteiger partial charge in [0.05, 0.1) is 18.4 Å². The van der Waals surface area contributed by atoms with E-state index in [2.05, 4.69) is 10.5 Å². The molecule has 3 rings (SSSR count). The summed E-state index contributed by atoms with van der Waals surface area (Å²) < 4.78 is 5.58. The van der Waals surface area contributed by atoms with Crippen molar-refractivity contribution in [1.82, 2.24) is 5.43 Å². The van der Waals surface area contributed by atoms with E-state index in [9.17, 15) is 4.79 Å². The Hall–Kier alpha value is -3.24. The van der Waals surface area contributed by atoms with Crippen LogP contribution in [0.5, 0.6) is 0 Å². The number of ether oxygens (including phenoxy) is 1. The summed E-state index contributed by atoms with van der Waals surface area (Å²) in [4.78, 5) is 12.5. The molecule has 0 fully saturated rings. The minimum Gasteiger partial charge on any atom is -0.374 e. The van der Waals surface area contributed by atoms with E-state index < -0.39 is 0 Å². The van der Waals surface area contributed by atoms with Gasteiger partial charge in [-0.25, -0.2) is 5.43 Å². The van der Waals surface area contributed by atoms with Crippen LogP contribution >= 0.6 is 0 Å². The zero-order valence-corrected chi connectivity index (χ0v) is 16.1. The third-order valence-corrected chi connectivity index (χ3v) is 4.16. The molecule has 0 aliphatic heterocycles. The maximum absolute atomic E-state index is 12.5. The molecule has 0 heterocycles. The second kappa shape index (κ2) is 9.62. The van der Waals surface area contributed by atoms with Crippen molar-refractivity contribution in [3.63, 3.8) is 0 Å². The fourth-order valence-electron chi connectivity index (χ4n) is 2.67. The zero-order valence-electron chi connectivity index (χ0n) is 16.1. The van der Waals surface area contributed by atoms with Crippen LogP contribution in [-0.2, 0) is 11.3 Å². The molecule has 0 saturated heterocycles. The van der Waals surface area contributed by atoms with E-state index in [4.69, 9.17) is 4.74 Å². The van der Waals surface area contributed by atoms with Gasteiger partial charge in [-0.05, 0) is 31.5 Å². The Bertz CT molecular complexity index is 876. The standard InChI is InChI=1S/C24H24N2O2/c1-18(2)28-17-19-13-15-22(16-14-19)24(27)26-25-23(20-9-5-3-6-10-20)21-11-7-4-8-12-21/h3-16,18H,17H2,1-2H3,(H,26,27). The summed E-state index contributed by atoms with van der Waals surface area (Å²) in [6, 6.07) is 27.0. The lowest BCUT2D eigenvalue weighted by Gasteiger charge is -2.09. The molecular weight excluding hydrogens is 348 g/mol. The Kier molecular flexibility index (Phi) is 6.71. The fraction of sp³-hybridized carbons (Fsp3) is 0.167. The molecule has 0 atom stereocenters. The highest BCUT2D eigenvalue weighted by Gasteiger charge is 2.09. The quantitative estimate of drug-likeness (QED) is 0.479. The minimum absolute atomic E-state index is 0.173. The monoisotopic (exact) mass is 372 g/mol. The highest BCUT2D eigenvalue weighted by Crippen LogP contribution is 2.11. The number of nitrogens with zero attached hydrogens (tertiary/aromatic N) is 1. The molecule has 0 unspecified atom stereocenters. The Morgan fingerprint density at radius 2 is 1.36 bits per heavy atom. The van der Waals surface area contributed by atoms with Crippen molar-refractivity contribution in [2.45, 2.75) is 26.6 Å². The van der Waals surface area contributed by atoms with Crippen LogP contribution in [0.2, 0.25) is 0 Å². The average molecular weight is 372 g/mol. The Labute approximate surface area is 165 Å². The first-order chi connectivity index (χ1) is 13.6. The van der Waals surface area contributed by atoms with E-state index in [1.165, 1.54) is 0 Å². The maximum Gasteiger partial charge on any atom is 0.271 e. The zero-order chi connectivity index (χ0) is 19.8. The number of hydrogen-bond donors (Lipinski definition) is 1. The Balaban J connectivity index is 1.76. The highest BCUT2D eigenvalue weighted by molar-refractivity contribution is 6.13. The van der Waals surface area contributed by atoms with Gasteiger partial charge in [0.25, 0.3) is 5.91 Å². The van der Waals surface area contributed by atoms with E-state index in [0.717, 1.165) is 22.4 Å². The number of carbonyl (C=O) groups excluding carboxylic acids is 1. The smallest absolute Gasteiger partial charge is 0.271 e. The molecule has 0 bridgehead atoms. The number of hydrogen-bond acceptors (Lipinski definition) is 3. The molecule has 1 N–H and O–H groups in total. The van der Waals surface area contributed by atoms with Gasteiger partial charge in [0.15, 0.2) is 0 Å². The molecule has 4 nitrogen and oxygen atoms in total. The van der Waals surface area contributed by atoms with Crippen molar-refractivity contribution in [3.05, 3.63) is 107 Å². The lowest BCUT2D eigenvalue weighted by atomic mass is 10.0. The van der Waals surface area contributed by atoms with Crippen LogP contribution in [0.25, 0.3) is 0 Å². The number of nitrogens with one attached hydrogen (secondary N) is 1. The van der Waals surface area contributed by atoms with Crippen molar-refractivity contribution in [3.8, 4) is 0 Å². The molecule has 3 aromatic rings. The van der Waals surface area contributed by atoms with E-state index in [1.54, 1.807) is 12.1 Å². The predicted octanol–water partition coefficient (Wildman–Crippen LogP) is 4.79. The summed E-state index contributed by atoms with van der Waals surface area (Å²) in [5.74, 6) is -0.249. The second-order valence-electron chi connectivity index (χ2n) is 6.69. The first-order valence-electron chi connectivity index (χ1n) is 9.33. The Morgan fingerprint density at radius 3 is 1.86 bits per heavy atom. The van der Waals surface area contributed by atoms with Gasteiger partial charge in [-0.3, -0.25) is 4.79 Å². The molecule has 0 saturated carbocycles. The van der Waals surface area contributed by atoms with Crippen LogP contribution in [0.3, 0.4) is 0 Å². The first-order valence-corrected chi connectivity index (χ1v) is 9.33. The first kappa shape index (κ1) is 19.5. The molecular formula is C24H24N2O2. The molecule has 4 heteroatoms. The van der Waals surface area contributed by atoms with Crippen LogP contribution in [-0.4, -0.2) is 17.7 Å². The van der Waals surface area contributed by atoms with Gasteiger partial charge in [0, 0.05) is 16.7 Å². The third-order valence-electron chi connectivity index (χ3n) is 4.16. The second-order valence-corrected chi connectivity index (χ2v) is 6.69. The number of carbonyl (C=O) groups is 1. The number of amides is 1. The fourth-order valence-corrected chi connectivity index (χ4v) is 2.67. The molecule has 0 aliphatic carbocycles. The highest BCUT2D eigenvalue weighted by atomic mass is 16.5. The summed E-state index contributed by atoms with van der Waals surface area (Å²) in [6.07, 6.45) is 0.173. The number of rotatable bonds is 7. The van der Waals surface area contributed by atoms with Gasteiger partial charge in [0.1, 0.15) is 0 Å². The molecule has 1 amide bonds. The largest absolute Gasteiger partial charge is 0.374 e. The summed E-state index contributed by atoms with van der Waals surface area (Å²) in [5, 5.41) is 4.41. The number of benzene rings is 3. The van der Waals surface area contributed by atoms with Crippen molar-refractivity contribution in [2.24, 2.45) is 5.10 Å². The van der Waals surface area contributed by atoms with Crippen LogP contribution in [0.4, 0.5) is 0 Å². The van der Waals surface area contributed by atoms with Crippen molar-refractivity contribution < 1.29 is 9.53 Å². The van der Waals surface area contributed by atoms with E-state index in [1.807, 2.05) is 86.6 Å². The SMILES string of the molecule is CC(C)OCc1ccc(C(=O)NN=C(c2ccccc2)c2ccccc2)cc1. The summed E-state index contributed by atoms with van der Waals surface area (Å²) in [7, 11) is 0. The third kappa shape index (κ3) is 5.38. The average Bonchev–Trinajstić information content (AvgIpc) is 2.74. The van der Waals surface area contributed by atoms with Crippen LogP contribution < -0.4 is 5.43 Å². The normalized spacial score (nSPS) is 10.5. The molecule has 0 radical (unpaired) electrons. The van der Waals surface area contributed by atoms with Gasteiger partial charge < -0.3 is 4.74 Å². The van der Waals surface area contributed by atoms with Gasteiger partial charge in [-0.2, -0.15) is 5.10 Å². The Morgan fingerprint density at radius 1 is 0.821 bits per heavy atom. The lowest BCUT2D eigenvalue weighted by molar-refractivity contribution is 0.0657. The minimum atomic E-state index is -0.249.